The van der Waals surface area contributed by atoms with Crippen LogP contribution in [0.5, 0.6) is 11.5 Å². The highest BCUT2D eigenvalue weighted by molar-refractivity contribution is 5.49. The molecule has 1 aromatic rings. The van der Waals surface area contributed by atoms with Crippen LogP contribution in [-0.4, -0.2) is 11.7 Å². The van der Waals surface area contributed by atoms with Crippen molar-refractivity contribution in [1.29, 1.82) is 0 Å². The number of nitrogens with two attached hydrogens (primary N) is 1. The summed E-state index contributed by atoms with van der Waals surface area (Å²) in [7, 11) is 0. The van der Waals surface area contributed by atoms with Gasteiger partial charge in [0.15, 0.2) is 23.1 Å². The number of phenolic OH excluding ortho intramolecular Hbond substituents is 1. The van der Waals surface area contributed by atoms with Gasteiger partial charge in [-0.2, -0.15) is 0 Å². The van der Waals surface area contributed by atoms with Crippen molar-refractivity contribution in [2.45, 2.75) is 12.5 Å². The first-order chi connectivity index (χ1) is 6.61. The van der Waals surface area contributed by atoms with E-state index in [1.165, 1.54) is 0 Å². The van der Waals surface area contributed by atoms with Crippen molar-refractivity contribution in [2.75, 3.05) is 6.61 Å². The lowest BCUT2D eigenvalue weighted by Gasteiger charge is -2.24. The van der Waals surface area contributed by atoms with Gasteiger partial charge in [0.05, 0.1) is 12.2 Å². The molecule has 1 aromatic carbocycles. The molecular weight excluding hydrogens is 192 g/mol. The lowest BCUT2D eigenvalue weighted by Crippen LogP contribution is -2.22. The van der Waals surface area contributed by atoms with Gasteiger partial charge in [0.1, 0.15) is 0 Å². The van der Waals surface area contributed by atoms with E-state index in [0.29, 0.717) is 19.1 Å². The molecule has 0 aliphatic carbocycles. The maximum atomic E-state index is 13.3. The van der Waals surface area contributed by atoms with E-state index in [0.717, 1.165) is 0 Å². The second-order valence-electron chi connectivity index (χ2n) is 3.18. The SMILES string of the molecule is N[C@@H]1CCOc2c(O)cc(F)c(F)c21. The van der Waals surface area contributed by atoms with Crippen molar-refractivity contribution in [3.8, 4) is 11.5 Å². The number of phenols is 1. The second-order valence-corrected chi connectivity index (χ2v) is 3.18. The molecule has 0 saturated heterocycles. The van der Waals surface area contributed by atoms with Gasteiger partial charge in [0.2, 0.25) is 0 Å². The van der Waals surface area contributed by atoms with Crippen LogP contribution in [0, 0.1) is 11.6 Å². The first kappa shape index (κ1) is 9.21. The Morgan fingerprint density at radius 2 is 2.21 bits per heavy atom. The van der Waals surface area contributed by atoms with E-state index >= 15 is 0 Å². The summed E-state index contributed by atoms with van der Waals surface area (Å²) >= 11 is 0. The molecule has 0 bridgehead atoms. The van der Waals surface area contributed by atoms with Crippen molar-refractivity contribution in [1.82, 2.24) is 0 Å². The topological polar surface area (TPSA) is 55.5 Å². The predicted octanol–water partition coefficient (Wildman–Crippen LogP) is 1.45. The van der Waals surface area contributed by atoms with Gasteiger partial charge in [-0.05, 0) is 0 Å². The summed E-state index contributed by atoms with van der Waals surface area (Å²) < 4.78 is 31.2. The van der Waals surface area contributed by atoms with E-state index in [2.05, 4.69) is 0 Å². The fraction of sp³-hybridized carbons (Fsp3) is 0.333. The van der Waals surface area contributed by atoms with Gasteiger partial charge >= 0.3 is 0 Å². The molecule has 14 heavy (non-hydrogen) atoms. The third-order valence-corrected chi connectivity index (χ3v) is 2.23. The predicted molar refractivity (Wildman–Crippen MR) is 45.1 cm³/mol. The minimum atomic E-state index is -1.11. The van der Waals surface area contributed by atoms with Gasteiger partial charge in [-0.3, -0.25) is 0 Å². The molecule has 3 nitrogen and oxygen atoms in total. The van der Waals surface area contributed by atoms with Crippen LogP contribution in [0.1, 0.15) is 18.0 Å². The highest BCUT2D eigenvalue weighted by atomic mass is 19.2. The maximum Gasteiger partial charge on any atom is 0.168 e. The summed E-state index contributed by atoms with van der Waals surface area (Å²) in [4.78, 5) is 0. The van der Waals surface area contributed by atoms with Crippen LogP contribution in [0.2, 0.25) is 0 Å². The molecule has 0 spiro atoms. The van der Waals surface area contributed by atoms with Gasteiger partial charge in [-0.1, -0.05) is 0 Å². The Bertz CT molecular complexity index is 382. The number of hydrogen-bond donors (Lipinski definition) is 2. The van der Waals surface area contributed by atoms with Gasteiger partial charge in [0, 0.05) is 18.5 Å². The number of rotatable bonds is 0. The summed E-state index contributed by atoms with van der Waals surface area (Å²) in [6.07, 6.45) is 0.410. The molecule has 1 atom stereocenters. The Kier molecular flexibility index (Phi) is 2.03. The van der Waals surface area contributed by atoms with E-state index in [9.17, 15) is 13.9 Å². The minimum absolute atomic E-state index is 0.0392. The average molecular weight is 201 g/mol. The zero-order valence-corrected chi connectivity index (χ0v) is 7.26. The van der Waals surface area contributed by atoms with Crippen LogP contribution in [-0.2, 0) is 0 Å². The summed E-state index contributed by atoms with van der Waals surface area (Å²) in [5.74, 6) is -2.59. The molecule has 0 amide bonds. The minimum Gasteiger partial charge on any atom is -0.504 e. The van der Waals surface area contributed by atoms with Crippen molar-refractivity contribution in [3.05, 3.63) is 23.3 Å². The van der Waals surface area contributed by atoms with E-state index in [1.54, 1.807) is 0 Å². The highest BCUT2D eigenvalue weighted by Gasteiger charge is 2.27. The molecule has 0 radical (unpaired) electrons. The Balaban J connectivity index is 2.67. The number of halogens is 2. The fourth-order valence-electron chi connectivity index (χ4n) is 1.53. The Morgan fingerprint density at radius 3 is 2.93 bits per heavy atom. The van der Waals surface area contributed by atoms with Crippen molar-refractivity contribution >= 4 is 0 Å². The lowest BCUT2D eigenvalue weighted by atomic mass is 10.00. The van der Waals surface area contributed by atoms with Crippen molar-refractivity contribution in [2.24, 2.45) is 5.73 Å². The van der Waals surface area contributed by atoms with Gasteiger partial charge in [-0.15, -0.1) is 0 Å². The molecule has 76 valence electrons. The molecule has 1 heterocycles. The van der Waals surface area contributed by atoms with Crippen LogP contribution < -0.4 is 10.5 Å². The average Bonchev–Trinajstić information content (AvgIpc) is 2.14. The van der Waals surface area contributed by atoms with E-state index in [-0.39, 0.29) is 11.3 Å². The Morgan fingerprint density at radius 1 is 1.50 bits per heavy atom. The summed E-state index contributed by atoms with van der Waals surface area (Å²) in [6.45, 7) is 0.298. The van der Waals surface area contributed by atoms with E-state index < -0.39 is 23.4 Å². The Labute approximate surface area is 79.1 Å². The lowest BCUT2D eigenvalue weighted by molar-refractivity contribution is 0.247. The van der Waals surface area contributed by atoms with Crippen LogP contribution in [0.25, 0.3) is 0 Å². The molecule has 1 aliphatic rings. The molecule has 0 fully saturated rings. The molecule has 1 aliphatic heterocycles. The summed E-state index contributed by atoms with van der Waals surface area (Å²) in [5, 5.41) is 9.29. The maximum absolute atomic E-state index is 13.3. The van der Waals surface area contributed by atoms with E-state index in [1.807, 2.05) is 0 Å². The molecule has 5 heteroatoms. The number of fused-ring (bicyclic) bond motifs is 1. The quantitative estimate of drug-likeness (QED) is 0.668. The number of aromatic hydroxyl groups is 1. The first-order valence-electron chi connectivity index (χ1n) is 4.20. The molecule has 0 unspecified atom stereocenters. The Hall–Kier alpha value is -1.36. The smallest absolute Gasteiger partial charge is 0.168 e. The van der Waals surface area contributed by atoms with Crippen LogP contribution in [0.3, 0.4) is 0 Å². The molecule has 0 aromatic heterocycles. The van der Waals surface area contributed by atoms with Gasteiger partial charge in [0.25, 0.3) is 0 Å². The van der Waals surface area contributed by atoms with E-state index in [4.69, 9.17) is 10.5 Å². The molecule has 2 rings (SSSR count). The number of ether oxygens (including phenoxy) is 1. The highest BCUT2D eigenvalue weighted by Crippen LogP contribution is 2.40. The number of hydrogen-bond acceptors (Lipinski definition) is 3. The van der Waals surface area contributed by atoms with Crippen molar-refractivity contribution in [3.63, 3.8) is 0 Å². The molecular formula is C9H9F2NO2. The van der Waals surface area contributed by atoms with Crippen LogP contribution >= 0.6 is 0 Å². The standard InChI is InChI=1S/C9H9F2NO2/c10-4-3-6(13)9-7(8(4)11)5(12)1-2-14-9/h3,5,13H,1-2,12H2/t5-/m1/s1. The third-order valence-electron chi connectivity index (χ3n) is 2.23. The molecule has 0 saturated carbocycles. The zero-order valence-electron chi connectivity index (χ0n) is 7.26. The largest absolute Gasteiger partial charge is 0.504 e. The normalized spacial score (nSPS) is 20.1. The first-order valence-corrected chi connectivity index (χ1v) is 4.20. The van der Waals surface area contributed by atoms with Crippen LogP contribution in [0.4, 0.5) is 8.78 Å². The fourth-order valence-corrected chi connectivity index (χ4v) is 1.53. The summed E-state index contributed by atoms with van der Waals surface area (Å²) in [6, 6.07) is 0.0620. The number of benzene rings is 1. The zero-order chi connectivity index (χ0) is 10.3. The van der Waals surface area contributed by atoms with Crippen molar-refractivity contribution < 1.29 is 18.6 Å². The van der Waals surface area contributed by atoms with Gasteiger partial charge in [-0.25, -0.2) is 8.78 Å². The monoisotopic (exact) mass is 201 g/mol. The van der Waals surface area contributed by atoms with Gasteiger partial charge < -0.3 is 15.6 Å². The summed E-state index contributed by atoms with van der Waals surface area (Å²) in [5.41, 5.74) is 5.51. The van der Waals surface area contributed by atoms with Crippen LogP contribution in [0.15, 0.2) is 6.07 Å². The third kappa shape index (κ3) is 1.21. The second kappa shape index (κ2) is 3.09. The molecule has 3 N–H and O–H groups in total.